The molecule has 1 amide bonds. The van der Waals surface area contributed by atoms with Crippen LogP contribution in [-0.4, -0.2) is 24.5 Å². The Balaban J connectivity index is 1.41. The van der Waals surface area contributed by atoms with Crippen molar-refractivity contribution in [1.82, 2.24) is 10.1 Å². The van der Waals surface area contributed by atoms with Crippen LogP contribution in [0.3, 0.4) is 0 Å². The molecule has 0 aliphatic rings. The molecule has 5 aromatic rings. The highest BCUT2D eigenvalue weighted by molar-refractivity contribution is 7.92. The number of amides is 1. The maximum Gasteiger partial charge on any atom is 0.264 e. The number of fused-ring (bicyclic) bond motifs is 1. The number of anilines is 2. The second kappa shape index (κ2) is 8.97. The van der Waals surface area contributed by atoms with Gasteiger partial charge in [0.1, 0.15) is 11.5 Å². The van der Waals surface area contributed by atoms with Gasteiger partial charge in [0.05, 0.1) is 21.7 Å². The molecule has 5 rings (SSSR count). The highest BCUT2D eigenvalue weighted by atomic mass is 32.2. The fourth-order valence-electron chi connectivity index (χ4n) is 3.67. The van der Waals surface area contributed by atoms with Crippen LogP contribution in [0, 0.1) is 20.8 Å². The van der Waals surface area contributed by atoms with Gasteiger partial charge in [-0.3, -0.25) is 4.79 Å². The minimum absolute atomic E-state index is 0.0128. The zero-order chi connectivity index (χ0) is 25.4. The molecule has 0 spiro atoms. The Morgan fingerprint density at radius 3 is 2.36 bits per heavy atom. The molecule has 0 bridgehead atoms. The van der Waals surface area contributed by atoms with E-state index < -0.39 is 10.0 Å². The number of nitrogens with zero attached hydrogens (tertiary/aromatic N) is 2. The van der Waals surface area contributed by atoms with E-state index in [1.807, 2.05) is 43.3 Å². The van der Waals surface area contributed by atoms with Crippen LogP contribution in [-0.2, 0) is 10.0 Å². The summed E-state index contributed by atoms with van der Waals surface area (Å²) in [7, 11) is -3.90. The van der Waals surface area contributed by atoms with Crippen molar-refractivity contribution in [3.05, 3.63) is 89.3 Å². The number of para-hydroxylation sites is 1. The van der Waals surface area contributed by atoms with Gasteiger partial charge in [-0.2, -0.15) is 0 Å². The molecule has 2 aromatic carbocycles. The Labute approximate surface area is 207 Å². The van der Waals surface area contributed by atoms with E-state index in [0.717, 1.165) is 5.76 Å². The molecule has 0 fully saturated rings. The molecular weight excluding hydrogens is 480 g/mol. The fraction of sp³-hybridized carbons (Fsp3) is 0.115. The molecule has 10 heteroatoms. The molecule has 2 N–H and O–H groups in total. The van der Waals surface area contributed by atoms with Crippen molar-refractivity contribution in [3.8, 4) is 11.5 Å². The van der Waals surface area contributed by atoms with Crippen molar-refractivity contribution in [2.75, 3.05) is 10.0 Å². The predicted molar refractivity (Wildman–Crippen MR) is 135 cm³/mol. The summed E-state index contributed by atoms with van der Waals surface area (Å²) >= 11 is 0. The zero-order valence-electron chi connectivity index (χ0n) is 19.7. The Bertz CT molecular complexity index is 1700. The van der Waals surface area contributed by atoms with Gasteiger partial charge < -0.3 is 14.3 Å². The van der Waals surface area contributed by atoms with Crippen molar-refractivity contribution in [3.63, 3.8) is 0 Å². The molecule has 0 saturated heterocycles. The number of carbonyl (C=O) groups is 1. The van der Waals surface area contributed by atoms with Crippen molar-refractivity contribution >= 4 is 38.4 Å². The van der Waals surface area contributed by atoms with Crippen LogP contribution in [0.25, 0.3) is 22.4 Å². The van der Waals surface area contributed by atoms with Crippen LogP contribution >= 0.6 is 0 Å². The van der Waals surface area contributed by atoms with Gasteiger partial charge in [-0.05, 0) is 69.3 Å². The summed E-state index contributed by atoms with van der Waals surface area (Å²) in [6.45, 7) is 5.27. The average molecular weight is 503 g/mol. The summed E-state index contributed by atoms with van der Waals surface area (Å²) in [5, 5.41) is 7.28. The molecule has 3 aromatic heterocycles. The maximum absolute atomic E-state index is 13.3. The number of hydrogen-bond acceptors (Lipinski definition) is 7. The zero-order valence-corrected chi connectivity index (χ0v) is 20.5. The highest BCUT2D eigenvalue weighted by Gasteiger charge is 2.20. The van der Waals surface area contributed by atoms with Crippen LogP contribution in [0.5, 0.6) is 0 Å². The summed E-state index contributed by atoms with van der Waals surface area (Å²) in [4.78, 5) is 17.9. The lowest BCUT2D eigenvalue weighted by Crippen LogP contribution is -2.15. The molecule has 36 heavy (non-hydrogen) atoms. The lowest BCUT2D eigenvalue weighted by Gasteiger charge is -2.11. The van der Waals surface area contributed by atoms with E-state index in [4.69, 9.17) is 8.94 Å². The van der Waals surface area contributed by atoms with Crippen molar-refractivity contribution in [1.29, 1.82) is 0 Å². The lowest BCUT2D eigenvalue weighted by atomic mass is 10.1. The van der Waals surface area contributed by atoms with Crippen molar-refractivity contribution in [2.45, 2.75) is 25.7 Å². The highest BCUT2D eigenvalue weighted by Crippen LogP contribution is 2.27. The monoisotopic (exact) mass is 502 g/mol. The SMILES string of the molecule is Cc1ccc(-c2cc(C(=O)Nc3ccc(S(=O)(=O)Nc4onc(C)c4C)cc3)c3ccccc3n2)o1. The van der Waals surface area contributed by atoms with E-state index in [-0.39, 0.29) is 16.7 Å². The lowest BCUT2D eigenvalue weighted by molar-refractivity contribution is 0.102. The van der Waals surface area contributed by atoms with Gasteiger partial charge in [0.25, 0.3) is 15.9 Å². The summed E-state index contributed by atoms with van der Waals surface area (Å²) in [6, 6.07) is 18.5. The molecule has 0 atom stereocenters. The maximum atomic E-state index is 13.3. The minimum atomic E-state index is -3.90. The number of benzene rings is 2. The quantitative estimate of drug-likeness (QED) is 0.315. The Morgan fingerprint density at radius 1 is 0.944 bits per heavy atom. The molecule has 0 aliphatic carbocycles. The van der Waals surface area contributed by atoms with Crippen molar-refractivity contribution < 1.29 is 22.2 Å². The molecule has 0 saturated carbocycles. The third-order valence-electron chi connectivity index (χ3n) is 5.76. The third-order valence-corrected chi connectivity index (χ3v) is 7.11. The number of aromatic nitrogens is 2. The number of sulfonamides is 1. The normalized spacial score (nSPS) is 11.5. The first kappa shape index (κ1) is 23.3. The smallest absolute Gasteiger partial charge is 0.264 e. The second-order valence-corrected chi connectivity index (χ2v) is 9.97. The first-order valence-corrected chi connectivity index (χ1v) is 12.5. The topological polar surface area (TPSA) is 127 Å². The molecular formula is C26H22N4O5S. The summed E-state index contributed by atoms with van der Waals surface area (Å²) in [6.07, 6.45) is 0. The average Bonchev–Trinajstić information content (AvgIpc) is 3.44. The fourth-order valence-corrected chi connectivity index (χ4v) is 4.72. The number of pyridine rings is 1. The van der Waals surface area contributed by atoms with Crippen LogP contribution in [0.2, 0.25) is 0 Å². The van der Waals surface area contributed by atoms with E-state index in [1.54, 1.807) is 19.9 Å². The van der Waals surface area contributed by atoms with Gasteiger partial charge >= 0.3 is 0 Å². The molecule has 3 heterocycles. The molecule has 0 unspecified atom stereocenters. The largest absolute Gasteiger partial charge is 0.460 e. The van der Waals surface area contributed by atoms with E-state index >= 15 is 0 Å². The van der Waals surface area contributed by atoms with Gasteiger partial charge in [0.15, 0.2) is 5.76 Å². The van der Waals surface area contributed by atoms with Crippen LogP contribution in [0.1, 0.15) is 27.4 Å². The van der Waals surface area contributed by atoms with Gasteiger partial charge in [-0.25, -0.2) is 18.1 Å². The first-order valence-electron chi connectivity index (χ1n) is 11.0. The Morgan fingerprint density at radius 2 is 1.69 bits per heavy atom. The summed E-state index contributed by atoms with van der Waals surface area (Å²) < 4.78 is 38.6. The number of carbonyl (C=O) groups excluding carboxylic acids is 1. The van der Waals surface area contributed by atoms with Crippen LogP contribution in [0.4, 0.5) is 11.6 Å². The summed E-state index contributed by atoms with van der Waals surface area (Å²) in [5.74, 6) is 1.01. The molecule has 0 aliphatic heterocycles. The van der Waals surface area contributed by atoms with E-state index in [9.17, 15) is 13.2 Å². The van der Waals surface area contributed by atoms with Crippen LogP contribution < -0.4 is 10.0 Å². The number of furan rings is 1. The van der Waals surface area contributed by atoms with E-state index in [2.05, 4.69) is 20.2 Å². The standard InChI is InChI=1S/C26H22N4O5S/c1-15-8-13-24(34-15)23-14-21(20-6-4-5-7-22(20)28-23)25(31)27-18-9-11-19(12-10-18)36(32,33)30-26-16(2)17(3)29-35-26/h4-14,30H,1-3H3,(H,27,31). The Hall–Kier alpha value is -4.44. The summed E-state index contributed by atoms with van der Waals surface area (Å²) in [5.41, 5.74) is 3.24. The second-order valence-electron chi connectivity index (χ2n) is 8.29. The number of nitrogens with one attached hydrogen (secondary N) is 2. The Kier molecular flexibility index (Phi) is 5.81. The first-order chi connectivity index (χ1) is 17.2. The van der Waals surface area contributed by atoms with Gasteiger partial charge in [-0.1, -0.05) is 23.4 Å². The minimum Gasteiger partial charge on any atom is -0.460 e. The third kappa shape index (κ3) is 4.46. The molecule has 0 radical (unpaired) electrons. The predicted octanol–water partition coefficient (Wildman–Crippen LogP) is 5.46. The van der Waals surface area contributed by atoms with Crippen molar-refractivity contribution in [2.24, 2.45) is 0 Å². The van der Waals surface area contributed by atoms with Gasteiger partial charge in [0.2, 0.25) is 5.88 Å². The molecule has 9 nitrogen and oxygen atoms in total. The van der Waals surface area contributed by atoms with E-state index in [0.29, 0.717) is 44.9 Å². The van der Waals surface area contributed by atoms with Gasteiger partial charge in [-0.15, -0.1) is 0 Å². The van der Waals surface area contributed by atoms with Gasteiger partial charge in [0, 0.05) is 16.6 Å². The number of rotatable bonds is 6. The molecule has 182 valence electrons. The van der Waals surface area contributed by atoms with E-state index in [1.165, 1.54) is 24.3 Å². The van der Waals surface area contributed by atoms with Crippen LogP contribution in [0.15, 0.2) is 80.6 Å². The number of aryl methyl sites for hydroxylation is 2. The number of hydrogen-bond donors (Lipinski definition) is 2.